The number of benzene rings is 1. The topological polar surface area (TPSA) is 0 Å². The molecule has 0 aliphatic carbocycles. The molecule has 0 fully saturated rings. The van der Waals surface area contributed by atoms with Crippen LogP contribution in [-0.2, 0) is 5.41 Å². The molecule has 17 heavy (non-hydrogen) atoms. The van der Waals surface area contributed by atoms with Gasteiger partial charge in [0.2, 0.25) is 0 Å². The van der Waals surface area contributed by atoms with Gasteiger partial charge in [0.05, 0.1) is 0 Å². The van der Waals surface area contributed by atoms with Gasteiger partial charge in [-0.3, -0.25) is 0 Å². The summed E-state index contributed by atoms with van der Waals surface area (Å²) < 4.78 is 0. The summed E-state index contributed by atoms with van der Waals surface area (Å²) in [5.41, 5.74) is 4.38. The van der Waals surface area contributed by atoms with Crippen LogP contribution in [0.15, 0.2) is 24.8 Å². The van der Waals surface area contributed by atoms with Crippen LogP contribution in [0.25, 0.3) is 6.08 Å². The predicted molar refractivity (Wildman–Crippen MR) is 78.6 cm³/mol. The molecule has 0 spiro atoms. The lowest BCUT2D eigenvalue weighted by Crippen LogP contribution is -2.12. The molecule has 0 amide bonds. The van der Waals surface area contributed by atoms with E-state index in [-0.39, 0.29) is 5.41 Å². The van der Waals surface area contributed by atoms with Gasteiger partial charge in [0.25, 0.3) is 0 Å². The van der Waals surface area contributed by atoms with Crippen LogP contribution in [0, 0.1) is 0 Å². The first-order valence-electron chi connectivity index (χ1n) is 6.67. The molecular weight excluding hydrogens is 204 g/mol. The van der Waals surface area contributed by atoms with Gasteiger partial charge in [0.15, 0.2) is 0 Å². The van der Waals surface area contributed by atoms with Crippen LogP contribution in [0.3, 0.4) is 0 Å². The van der Waals surface area contributed by atoms with Crippen LogP contribution in [0.1, 0.15) is 70.1 Å². The zero-order valence-corrected chi connectivity index (χ0v) is 12.0. The van der Waals surface area contributed by atoms with Gasteiger partial charge in [-0.05, 0) is 34.4 Å². The summed E-state index contributed by atoms with van der Waals surface area (Å²) >= 11 is 0. The molecular formula is C17H26. The number of hydrogen-bond acceptors (Lipinski definition) is 0. The van der Waals surface area contributed by atoms with Crippen molar-refractivity contribution in [2.75, 3.05) is 0 Å². The average Bonchev–Trinajstić information content (AvgIpc) is 2.27. The van der Waals surface area contributed by atoms with Crippen LogP contribution in [0.2, 0.25) is 0 Å². The van der Waals surface area contributed by atoms with E-state index in [4.69, 9.17) is 0 Å². The zero-order chi connectivity index (χ0) is 13.1. The Hall–Kier alpha value is -1.04. The first-order valence-corrected chi connectivity index (χ1v) is 6.67. The van der Waals surface area contributed by atoms with Gasteiger partial charge in [-0.2, -0.15) is 0 Å². The maximum atomic E-state index is 3.93. The Balaban J connectivity index is 3.20. The fourth-order valence-electron chi connectivity index (χ4n) is 2.24. The first kappa shape index (κ1) is 14.0. The van der Waals surface area contributed by atoms with Crippen LogP contribution in [0.5, 0.6) is 0 Å². The molecule has 0 aromatic heterocycles. The Morgan fingerprint density at radius 1 is 1.29 bits per heavy atom. The Morgan fingerprint density at radius 2 is 1.94 bits per heavy atom. The highest BCUT2D eigenvalue weighted by Gasteiger charge is 2.16. The van der Waals surface area contributed by atoms with Crippen molar-refractivity contribution in [2.45, 2.75) is 58.8 Å². The molecule has 0 heterocycles. The van der Waals surface area contributed by atoms with Gasteiger partial charge in [0.1, 0.15) is 0 Å². The van der Waals surface area contributed by atoms with Crippen molar-refractivity contribution in [1.29, 1.82) is 0 Å². The molecule has 0 radical (unpaired) electrons. The highest BCUT2D eigenvalue weighted by atomic mass is 14.2. The Bertz CT molecular complexity index is 380. The maximum absolute atomic E-state index is 3.93. The van der Waals surface area contributed by atoms with Crippen LogP contribution < -0.4 is 0 Å². The van der Waals surface area contributed by atoms with E-state index in [0.717, 1.165) is 0 Å². The van der Waals surface area contributed by atoms with Crippen LogP contribution in [0.4, 0.5) is 0 Å². The highest BCUT2D eigenvalue weighted by molar-refractivity contribution is 5.54. The van der Waals surface area contributed by atoms with E-state index in [1.54, 1.807) is 0 Å². The Morgan fingerprint density at radius 3 is 2.41 bits per heavy atom. The zero-order valence-electron chi connectivity index (χ0n) is 12.0. The molecule has 0 nitrogen and oxygen atoms in total. The molecule has 0 saturated carbocycles. The van der Waals surface area contributed by atoms with E-state index in [0.29, 0.717) is 5.92 Å². The quantitative estimate of drug-likeness (QED) is 0.638. The summed E-state index contributed by atoms with van der Waals surface area (Å²) in [7, 11) is 0. The van der Waals surface area contributed by atoms with Crippen molar-refractivity contribution in [3.63, 3.8) is 0 Å². The molecule has 0 aliphatic heterocycles. The van der Waals surface area contributed by atoms with Crippen molar-refractivity contribution in [3.05, 3.63) is 41.5 Å². The van der Waals surface area contributed by atoms with Crippen molar-refractivity contribution in [2.24, 2.45) is 0 Å². The van der Waals surface area contributed by atoms with Gasteiger partial charge in [0, 0.05) is 0 Å². The van der Waals surface area contributed by atoms with Gasteiger partial charge >= 0.3 is 0 Å². The average molecular weight is 230 g/mol. The minimum atomic E-state index is 0.223. The normalized spacial score (nSPS) is 13.5. The predicted octanol–water partition coefficient (Wildman–Crippen LogP) is 5.53. The summed E-state index contributed by atoms with van der Waals surface area (Å²) in [4.78, 5) is 0. The van der Waals surface area contributed by atoms with Gasteiger partial charge in [-0.1, -0.05) is 71.9 Å². The second kappa shape index (κ2) is 5.53. The van der Waals surface area contributed by atoms with Crippen molar-refractivity contribution in [1.82, 2.24) is 0 Å². The second-order valence-corrected chi connectivity index (χ2v) is 5.99. The Kier molecular flexibility index (Phi) is 4.56. The standard InChI is InChI=1S/C17H26/c1-7-9-13(3)16-12-15(17(4,5)6)11-10-14(16)8-2/h8,10-13H,2,7,9H2,1,3-6H3. The van der Waals surface area contributed by atoms with E-state index in [9.17, 15) is 0 Å². The van der Waals surface area contributed by atoms with Crippen LogP contribution >= 0.6 is 0 Å². The van der Waals surface area contributed by atoms with Gasteiger partial charge in [-0.25, -0.2) is 0 Å². The minimum Gasteiger partial charge on any atom is -0.0985 e. The number of hydrogen-bond donors (Lipinski definition) is 0. The second-order valence-electron chi connectivity index (χ2n) is 5.99. The third-order valence-electron chi connectivity index (χ3n) is 3.43. The van der Waals surface area contributed by atoms with E-state index in [1.165, 1.54) is 29.5 Å². The van der Waals surface area contributed by atoms with Gasteiger partial charge < -0.3 is 0 Å². The van der Waals surface area contributed by atoms with Crippen molar-refractivity contribution < 1.29 is 0 Å². The lowest BCUT2D eigenvalue weighted by molar-refractivity contribution is 0.586. The summed E-state index contributed by atoms with van der Waals surface area (Å²) in [6, 6.07) is 6.82. The van der Waals surface area contributed by atoms with Crippen molar-refractivity contribution in [3.8, 4) is 0 Å². The fraction of sp³-hybridized carbons (Fsp3) is 0.529. The molecule has 0 bridgehead atoms. The monoisotopic (exact) mass is 230 g/mol. The summed E-state index contributed by atoms with van der Waals surface area (Å²) in [6.45, 7) is 15.3. The summed E-state index contributed by atoms with van der Waals surface area (Å²) in [5.74, 6) is 0.621. The smallest absolute Gasteiger partial charge is 0.0132 e. The van der Waals surface area contributed by atoms with E-state index in [1.807, 2.05) is 6.08 Å². The maximum Gasteiger partial charge on any atom is -0.0132 e. The third kappa shape index (κ3) is 3.46. The molecule has 1 rings (SSSR count). The molecule has 1 unspecified atom stereocenters. The SMILES string of the molecule is C=Cc1ccc(C(C)(C)C)cc1C(C)CCC. The highest BCUT2D eigenvalue weighted by Crippen LogP contribution is 2.30. The van der Waals surface area contributed by atoms with Crippen molar-refractivity contribution >= 4 is 6.08 Å². The van der Waals surface area contributed by atoms with E-state index >= 15 is 0 Å². The number of rotatable bonds is 4. The summed E-state index contributed by atoms with van der Waals surface area (Å²) in [5, 5.41) is 0. The first-order chi connectivity index (χ1) is 7.90. The molecule has 1 aromatic rings. The molecule has 0 heteroatoms. The molecule has 0 N–H and O–H groups in total. The van der Waals surface area contributed by atoms with E-state index in [2.05, 4.69) is 59.4 Å². The lowest BCUT2D eigenvalue weighted by Gasteiger charge is -2.23. The van der Waals surface area contributed by atoms with E-state index < -0.39 is 0 Å². The van der Waals surface area contributed by atoms with Gasteiger partial charge in [-0.15, -0.1) is 0 Å². The minimum absolute atomic E-state index is 0.223. The largest absolute Gasteiger partial charge is 0.0985 e. The summed E-state index contributed by atoms with van der Waals surface area (Å²) in [6.07, 6.45) is 4.46. The lowest BCUT2D eigenvalue weighted by atomic mass is 9.82. The fourth-order valence-corrected chi connectivity index (χ4v) is 2.24. The molecule has 94 valence electrons. The third-order valence-corrected chi connectivity index (χ3v) is 3.43. The Labute approximate surface area is 107 Å². The van der Waals surface area contributed by atoms with Crippen LogP contribution in [-0.4, -0.2) is 0 Å². The molecule has 0 aliphatic rings. The molecule has 1 atom stereocenters. The molecule has 0 saturated heterocycles. The molecule has 1 aromatic carbocycles.